The topological polar surface area (TPSA) is 23.6 Å². The first-order valence-electron chi connectivity index (χ1n) is 10.6. The van der Waals surface area contributed by atoms with Gasteiger partial charge in [0, 0.05) is 41.9 Å². The smallest absolute Gasteiger partial charge is 0.258 e. The van der Waals surface area contributed by atoms with Crippen LogP contribution < -0.4 is 4.90 Å². The second kappa shape index (κ2) is 9.63. The monoisotopic (exact) mass is 436 g/mol. The number of benzene rings is 3. The lowest BCUT2D eigenvalue weighted by Crippen LogP contribution is -2.47. The van der Waals surface area contributed by atoms with E-state index in [9.17, 15) is 9.18 Å². The molecule has 1 heterocycles. The molecule has 0 spiro atoms. The van der Waals surface area contributed by atoms with E-state index in [2.05, 4.69) is 17.0 Å². The molecule has 3 nitrogen and oxygen atoms in total. The number of anilines is 1. The molecule has 0 aliphatic carbocycles. The van der Waals surface area contributed by atoms with E-state index in [0.717, 1.165) is 37.5 Å². The van der Waals surface area contributed by atoms with Crippen molar-refractivity contribution in [3.63, 3.8) is 0 Å². The van der Waals surface area contributed by atoms with Crippen LogP contribution in [-0.4, -0.2) is 29.9 Å². The summed E-state index contributed by atoms with van der Waals surface area (Å²) in [7, 11) is 0. The number of nitrogens with zero attached hydrogens (tertiary/aromatic N) is 2. The second-order valence-electron chi connectivity index (χ2n) is 8.11. The number of hydrogen-bond donors (Lipinski definition) is 0. The number of likely N-dealkylation sites (tertiary alicyclic amines) is 1. The van der Waals surface area contributed by atoms with Crippen LogP contribution in [0.15, 0.2) is 72.8 Å². The zero-order valence-electron chi connectivity index (χ0n) is 17.6. The number of aryl methyl sites for hydroxylation is 1. The summed E-state index contributed by atoms with van der Waals surface area (Å²) in [6.45, 7) is 4.34. The van der Waals surface area contributed by atoms with E-state index in [4.69, 9.17) is 11.6 Å². The number of rotatable bonds is 5. The molecule has 0 N–H and O–H groups in total. The molecule has 0 saturated carbocycles. The van der Waals surface area contributed by atoms with Crippen LogP contribution in [0.5, 0.6) is 0 Å². The zero-order chi connectivity index (χ0) is 21.8. The Balaban J connectivity index is 1.52. The number of carbonyl (C=O) groups excluding carboxylic acids is 1. The van der Waals surface area contributed by atoms with Crippen molar-refractivity contribution in [2.45, 2.75) is 32.4 Å². The molecule has 3 aromatic rings. The summed E-state index contributed by atoms with van der Waals surface area (Å²) in [5.74, 6) is -0.372. The Hall–Kier alpha value is -2.69. The van der Waals surface area contributed by atoms with Crippen LogP contribution >= 0.6 is 11.6 Å². The summed E-state index contributed by atoms with van der Waals surface area (Å²) >= 11 is 5.99. The minimum atomic E-state index is -0.288. The van der Waals surface area contributed by atoms with Crippen molar-refractivity contribution >= 4 is 23.2 Å². The van der Waals surface area contributed by atoms with Gasteiger partial charge in [0.2, 0.25) is 0 Å². The third-order valence-corrected chi connectivity index (χ3v) is 6.17. The Bertz CT molecular complexity index is 1030. The highest BCUT2D eigenvalue weighted by molar-refractivity contribution is 6.30. The van der Waals surface area contributed by atoms with Gasteiger partial charge >= 0.3 is 0 Å². The maximum Gasteiger partial charge on any atom is 0.258 e. The summed E-state index contributed by atoms with van der Waals surface area (Å²) in [5, 5.41) is 0.739. The van der Waals surface area contributed by atoms with Crippen LogP contribution in [0.4, 0.5) is 10.1 Å². The van der Waals surface area contributed by atoms with Gasteiger partial charge in [-0.1, -0.05) is 48.0 Å². The van der Waals surface area contributed by atoms with Crippen molar-refractivity contribution < 1.29 is 9.18 Å². The highest BCUT2D eigenvalue weighted by atomic mass is 35.5. The van der Waals surface area contributed by atoms with Crippen LogP contribution in [0.25, 0.3) is 0 Å². The van der Waals surface area contributed by atoms with Gasteiger partial charge in [0.1, 0.15) is 5.82 Å². The SMILES string of the molecule is Cc1ccc(N(C(=O)c2ccccc2)C2CCN(Cc3ccc(Cl)cc3)CC2)cc1F. The molecule has 1 fully saturated rings. The molecule has 0 aromatic heterocycles. The first-order chi connectivity index (χ1) is 15.0. The molecule has 0 unspecified atom stereocenters. The van der Waals surface area contributed by atoms with E-state index in [0.29, 0.717) is 16.8 Å². The highest BCUT2D eigenvalue weighted by Crippen LogP contribution is 2.28. The number of carbonyl (C=O) groups is 1. The third-order valence-electron chi connectivity index (χ3n) is 5.91. The van der Waals surface area contributed by atoms with Crippen molar-refractivity contribution in [2.24, 2.45) is 0 Å². The van der Waals surface area contributed by atoms with Gasteiger partial charge in [0.05, 0.1) is 0 Å². The largest absolute Gasteiger partial charge is 0.305 e. The first-order valence-corrected chi connectivity index (χ1v) is 11.0. The van der Waals surface area contributed by atoms with Gasteiger partial charge in [-0.2, -0.15) is 0 Å². The predicted octanol–water partition coefficient (Wildman–Crippen LogP) is 6.10. The second-order valence-corrected chi connectivity index (χ2v) is 8.54. The fourth-order valence-electron chi connectivity index (χ4n) is 4.13. The highest BCUT2D eigenvalue weighted by Gasteiger charge is 2.30. The standard InChI is InChI=1S/C26H26ClFN2O/c1-19-7-12-24(17-25(19)28)30(26(31)21-5-3-2-4-6-21)23-13-15-29(16-14-23)18-20-8-10-22(27)11-9-20/h2-12,17,23H,13-16,18H2,1H3. The molecule has 160 valence electrons. The third kappa shape index (κ3) is 5.15. The predicted molar refractivity (Wildman–Crippen MR) is 124 cm³/mol. The number of hydrogen-bond acceptors (Lipinski definition) is 2. The van der Waals surface area contributed by atoms with Crippen LogP contribution in [0.1, 0.15) is 34.3 Å². The number of piperidine rings is 1. The van der Waals surface area contributed by atoms with Gasteiger partial charge in [-0.25, -0.2) is 4.39 Å². The molecule has 1 amide bonds. The van der Waals surface area contributed by atoms with Crippen LogP contribution in [-0.2, 0) is 6.54 Å². The average Bonchev–Trinajstić information content (AvgIpc) is 2.79. The van der Waals surface area contributed by atoms with Crippen LogP contribution in [0.3, 0.4) is 0 Å². The van der Waals surface area contributed by atoms with Gasteiger partial charge in [0.15, 0.2) is 0 Å². The molecule has 0 atom stereocenters. The van der Waals surface area contributed by atoms with Crippen molar-refractivity contribution in [3.8, 4) is 0 Å². The van der Waals surface area contributed by atoms with Crippen molar-refractivity contribution in [2.75, 3.05) is 18.0 Å². The van der Waals surface area contributed by atoms with Gasteiger partial charge in [0.25, 0.3) is 5.91 Å². The minimum Gasteiger partial charge on any atom is -0.305 e. The lowest BCUT2D eigenvalue weighted by molar-refractivity contribution is 0.0958. The van der Waals surface area contributed by atoms with E-state index in [1.54, 1.807) is 17.9 Å². The zero-order valence-corrected chi connectivity index (χ0v) is 18.4. The lowest BCUT2D eigenvalue weighted by atomic mass is 10.00. The normalized spacial score (nSPS) is 15.1. The molecule has 31 heavy (non-hydrogen) atoms. The Labute approximate surface area is 188 Å². The van der Waals surface area contributed by atoms with Crippen molar-refractivity contribution in [3.05, 3.63) is 100 Å². The van der Waals surface area contributed by atoms with Gasteiger partial charge in [-0.15, -0.1) is 0 Å². The number of halogens is 2. The maximum atomic E-state index is 14.3. The fourth-order valence-corrected chi connectivity index (χ4v) is 4.25. The maximum absolute atomic E-state index is 14.3. The Morgan fingerprint density at radius 2 is 1.71 bits per heavy atom. The molecule has 3 aromatic carbocycles. The van der Waals surface area contributed by atoms with Gasteiger partial charge < -0.3 is 4.90 Å². The molecule has 1 saturated heterocycles. The average molecular weight is 437 g/mol. The van der Waals surface area contributed by atoms with Gasteiger partial charge in [-0.05, 0) is 67.3 Å². The first kappa shape index (κ1) is 21.5. The fraction of sp³-hybridized carbons (Fsp3) is 0.269. The summed E-state index contributed by atoms with van der Waals surface area (Å²) in [4.78, 5) is 17.6. The van der Waals surface area contributed by atoms with Crippen molar-refractivity contribution in [1.82, 2.24) is 4.90 Å². The minimum absolute atomic E-state index is 0.0243. The van der Waals surface area contributed by atoms with Crippen LogP contribution in [0.2, 0.25) is 5.02 Å². The quantitative estimate of drug-likeness (QED) is 0.482. The summed E-state index contributed by atoms with van der Waals surface area (Å²) in [6, 6.07) is 22.3. The Morgan fingerprint density at radius 3 is 2.35 bits per heavy atom. The lowest BCUT2D eigenvalue weighted by Gasteiger charge is -2.38. The van der Waals surface area contributed by atoms with E-state index >= 15 is 0 Å². The number of amides is 1. The van der Waals surface area contributed by atoms with E-state index in [1.807, 2.05) is 48.5 Å². The van der Waals surface area contributed by atoms with E-state index in [-0.39, 0.29) is 17.8 Å². The Kier molecular flexibility index (Phi) is 6.69. The van der Waals surface area contributed by atoms with Crippen LogP contribution in [0, 0.1) is 12.7 Å². The molecular formula is C26H26ClFN2O. The van der Waals surface area contributed by atoms with E-state index < -0.39 is 0 Å². The molecule has 1 aliphatic heterocycles. The molecule has 0 radical (unpaired) electrons. The summed E-state index contributed by atoms with van der Waals surface area (Å²) in [6.07, 6.45) is 1.67. The van der Waals surface area contributed by atoms with Crippen molar-refractivity contribution in [1.29, 1.82) is 0 Å². The molecule has 5 heteroatoms. The summed E-state index contributed by atoms with van der Waals surface area (Å²) in [5.41, 5.74) is 3.04. The molecule has 0 bridgehead atoms. The Morgan fingerprint density at radius 1 is 1.03 bits per heavy atom. The molecular weight excluding hydrogens is 411 g/mol. The molecule has 1 aliphatic rings. The summed E-state index contributed by atoms with van der Waals surface area (Å²) < 4.78 is 14.3. The van der Waals surface area contributed by atoms with E-state index in [1.165, 1.54) is 11.6 Å². The molecule has 4 rings (SSSR count). The van der Waals surface area contributed by atoms with Gasteiger partial charge in [-0.3, -0.25) is 9.69 Å².